The predicted molar refractivity (Wildman–Crippen MR) is 122 cm³/mol. The Morgan fingerprint density at radius 1 is 1.22 bits per heavy atom. The highest BCUT2D eigenvalue weighted by molar-refractivity contribution is 6.92. The zero-order chi connectivity index (χ0) is 23.5. The van der Waals surface area contributed by atoms with E-state index in [1.807, 2.05) is 12.1 Å². The Hall–Kier alpha value is -2.53. The number of ether oxygens (including phenoxy) is 2. The van der Waals surface area contributed by atoms with Gasteiger partial charge in [0, 0.05) is 6.20 Å². The lowest BCUT2D eigenvalue weighted by atomic mass is 10.1. The lowest BCUT2D eigenvalue weighted by molar-refractivity contribution is -0.0602. The first-order valence-corrected chi connectivity index (χ1v) is 13.5. The van der Waals surface area contributed by atoms with Crippen LogP contribution in [0.4, 0.5) is 5.82 Å². The van der Waals surface area contributed by atoms with Gasteiger partial charge < -0.3 is 25.4 Å². The van der Waals surface area contributed by atoms with Crippen LogP contribution in [-0.4, -0.2) is 58.7 Å². The van der Waals surface area contributed by atoms with E-state index in [2.05, 4.69) is 25.8 Å². The fraction of sp³-hybridized carbons (Fsp3) is 0.500. The predicted octanol–water partition coefficient (Wildman–Crippen LogP) is 1.02. The molecule has 0 spiro atoms. The molecule has 0 radical (unpaired) electrons. The molecular weight excluding hydrogens is 430 g/mol. The van der Waals surface area contributed by atoms with Crippen LogP contribution in [0.1, 0.15) is 37.4 Å². The van der Waals surface area contributed by atoms with Gasteiger partial charge in [-0.3, -0.25) is 4.57 Å². The molecule has 1 aliphatic heterocycles. The number of aliphatic hydroxyl groups is 2. The molecule has 4 N–H and O–H groups in total. The molecule has 32 heavy (non-hydrogen) atoms. The molecule has 1 fully saturated rings. The number of aromatic nitrogens is 2. The molecule has 9 nitrogen and oxygen atoms in total. The fourth-order valence-electron chi connectivity index (χ4n) is 4.47. The van der Waals surface area contributed by atoms with Gasteiger partial charge in [0.15, 0.2) is 12.3 Å². The summed E-state index contributed by atoms with van der Waals surface area (Å²) in [5.74, 6) is -0.563. The second kappa shape index (κ2) is 9.95. The van der Waals surface area contributed by atoms with Gasteiger partial charge in [0.25, 0.3) is 0 Å². The van der Waals surface area contributed by atoms with Crippen LogP contribution in [0.3, 0.4) is 0 Å². The third kappa shape index (κ3) is 4.36. The second-order valence-corrected chi connectivity index (χ2v) is 13.3. The van der Waals surface area contributed by atoms with Crippen LogP contribution in [0.2, 0.25) is 18.1 Å². The van der Waals surface area contributed by atoms with Crippen molar-refractivity contribution in [1.82, 2.24) is 9.55 Å². The molecule has 10 heteroatoms. The van der Waals surface area contributed by atoms with E-state index in [0.717, 1.165) is 27.9 Å². The van der Waals surface area contributed by atoms with Crippen LogP contribution in [0.25, 0.3) is 0 Å². The number of esters is 1. The fourth-order valence-corrected chi connectivity index (χ4v) is 8.32. The molecule has 0 amide bonds. The maximum Gasteiger partial charge on any atom is 0.351 e. The number of carbonyl (C=O) groups is 1. The van der Waals surface area contributed by atoms with Crippen LogP contribution in [0, 0.1) is 0 Å². The highest BCUT2D eigenvalue weighted by Gasteiger charge is 2.48. The molecule has 1 saturated heterocycles. The van der Waals surface area contributed by atoms with Crippen LogP contribution >= 0.6 is 0 Å². The maximum atomic E-state index is 13.3. The molecule has 4 atom stereocenters. The Balaban J connectivity index is 1.98. The first-order chi connectivity index (χ1) is 15.3. The first kappa shape index (κ1) is 24.1. The summed E-state index contributed by atoms with van der Waals surface area (Å²) in [4.78, 5) is 29.3. The molecule has 0 saturated carbocycles. The first-order valence-electron chi connectivity index (χ1n) is 10.9. The summed E-state index contributed by atoms with van der Waals surface area (Å²) in [5.41, 5.74) is 5.31. The minimum atomic E-state index is -1.90. The van der Waals surface area contributed by atoms with E-state index in [1.165, 1.54) is 12.3 Å². The van der Waals surface area contributed by atoms with Crippen molar-refractivity contribution in [3.8, 4) is 0 Å². The van der Waals surface area contributed by atoms with E-state index >= 15 is 0 Å². The quantitative estimate of drug-likeness (QED) is 0.391. The van der Waals surface area contributed by atoms with Gasteiger partial charge in [-0.1, -0.05) is 57.1 Å². The van der Waals surface area contributed by atoms with Crippen LogP contribution < -0.4 is 16.6 Å². The summed E-state index contributed by atoms with van der Waals surface area (Å²) < 4.78 is 12.5. The molecule has 0 aliphatic carbocycles. The summed E-state index contributed by atoms with van der Waals surface area (Å²) in [5, 5.41) is 21.3. The van der Waals surface area contributed by atoms with Gasteiger partial charge in [0.2, 0.25) is 0 Å². The van der Waals surface area contributed by atoms with E-state index in [-0.39, 0.29) is 5.82 Å². The minimum Gasteiger partial charge on any atom is -0.451 e. The Morgan fingerprint density at radius 3 is 2.47 bits per heavy atom. The highest BCUT2D eigenvalue weighted by Crippen LogP contribution is 2.32. The number of nitrogens with zero attached hydrogens (tertiary/aromatic N) is 2. The van der Waals surface area contributed by atoms with E-state index in [9.17, 15) is 19.8 Å². The van der Waals surface area contributed by atoms with Crippen molar-refractivity contribution in [2.75, 3.05) is 12.3 Å². The van der Waals surface area contributed by atoms with Crippen molar-refractivity contribution in [3.63, 3.8) is 0 Å². The summed E-state index contributed by atoms with van der Waals surface area (Å²) in [6, 6.07) is 11.8. The molecule has 1 aromatic heterocycles. The Bertz CT molecular complexity index is 1000. The van der Waals surface area contributed by atoms with Crippen LogP contribution in [-0.2, 0) is 9.47 Å². The van der Waals surface area contributed by atoms with Gasteiger partial charge in [-0.15, -0.1) is 0 Å². The highest BCUT2D eigenvalue weighted by atomic mass is 28.3. The zero-order valence-corrected chi connectivity index (χ0v) is 19.6. The average Bonchev–Trinajstić information content (AvgIpc) is 3.11. The molecule has 174 valence electrons. The van der Waals surface area contributed by atoms with Crippen molar-refractivity contribution in [3.05, 3.63) is 52.6 Å². The van der Waals surface area contributed by atoms with Gasteiger partial charge in [-0.2, -0.15) is 4.98 Å². The number of aliphatic hydroxyl groups excluding tert-OH is 2. The molecule has 2 heterocycles. The third-order valence-electron chi connectivity index (χ3n) is 6.61. The largest absolute Gasteiger partial charge is 0.451 e. The molecular formula is C22H31N3O6Si. The Kier molecular flexibility index (Phi) is 7.50. The standard InChI is InChI=1S/C22H31N3O6Si/c1-4-32(5-2,6-3)16-10-8-7-9-14(16)21(28)31-19-18(27)15(13-26)30-20(19)25-12-11-17(23)24-22(25)29/h7-12,15,18-20,26-27H,4-6,13H2,1-3H3,(H2,23,24,29)/t15-,18-,19-,20-/m1/s1. The van der Waals surface area contributed by atoms with Gasteiger partial charge in [-0.25, -0.2) is 9.59 Å². The summed E-state index contributed by atoms with van der Waals surface area (Å²) in [6.45, 7) is 5.95. The van der Waals surface area contributed by atoms with Gasteiger partial charge in [0.1, 0.15) is 18.0 Å². The minimum absolute atomic E-state index is 0.0333. The normalized spacial score (nSPS) is 23.3. The van der Waals surface area contributed by atoms with Gasteiger partial charge in [-0.05, 0) is 17.3 Å². The molecule has 1 aliphatic rings. The van der Waals surface area contributed by atoms with E-state index in [4.69, 9.17) is 15.2 Å². The van der Waals surface area contributed by atoms with Crippen molar-refractivity contribution in [1.29, 1.82) is 0 Å². The SMILES string of the molecule is CC[Si](CC)(CC)c1ccccc1C(=O)O[C@@H]1[C@H](O)[C@@H](CO)O[C@H]1n1ccc(N)nc1=O. The molecule has 1 aromatic carbocycles. The topological polar surface area (TPSA) is 137 Å². The van der Waals surface area contributed by atoms with E-state index in [1.54, 1.807) is 12.1 Å². The molecule has 0 bridgehead atoms. The number of rotatable bonds is 8. The number of nitrogens with two attached hydrogens (primary N) is 1. The van der Waals surface area contributed by atoms with Gasteiger partial charge >= 0.3 is 11.7 Å². The smallest absolute Gasteiger partial charge is 0.351 e. The Labute approximate surface area is 187 Å². The maximum absolute atomic E-state index is 13.3. The average molecular weight is 462 g/mol. The number of hydrogen-bond acceptors (Lipinski definition) is 8. The molecule has 3 rings (SSSR count). The van der Waals surface area contributed by atoms with Crippen LogP contribution in [0.5, 0.6) is 0 Å². The summed E-state index contributed by atoms with van der Waals surface area (Å²) in [7, 11) is -1.90. The second-order valence-electron chi connectivity index (χ2n) is 8.04. The van der Waals surface area contributed by atoms with E-state index in [0.29, 0.717) is 5.56 Å². The Morgan fingerprint density at radius 2 is 1.88 bits per heavy atom. The lowest BCUT2D eigenvalue weighted by Crippen LogP contribution is -2.49. The van der Waals surface area contributed by atoms with Crippen LogP contribution in [0.15, 0.2) is 41.3 Å². The third-order valence-corrected chi connectivity index (χ3v) is 12.2. The number of nitrogen functional groups attached to an aromatic ring is 1. The van der Waals surface area contributed by atoms with Gasteiger partial charge in [0.05, 0.1) is 20.2 Å². The number of carbonyl (C=O) groups excluding carboxylic acids is 1. The summed E-state index contributed by atoms with van der Waals surface area (Å²) >= 11 is 0. The zero-order valence-electron chi connectivity index (χ0n) is 18.6. The lowest BCUT2D eigenvalue weighted by Gasteiger charge is -2.31. The van der Waals surface area contributed by atoms with Crippen molar-refractivity contribution >= 4 is 25.0 Å². The number of benzene rings is 1. The van der Waals surface area contributed by atoms with Crippen molar-refractivity contribution in [2.45, 2.75) is 63.4 Å². The monoisotopic (exact) mass is 461 g/mol. The summed E-state index contributed by atoms with van der Waals surface area (Å²) in [6.07, 6.45) is -3.34. The van der Waals surface area contributed by atoms with E-state index < -0.39 is 50.9 Å². The molecule has 0 unspecified atom stereocenters. The number of hydrogen-bond donors (Lipinski definition) is 3. The van der Waals surface area contributed by atoms with Crippen molar-refractivity contribution in [2.24, 2.45) is 0 Å². The molecule has 2 aromatic rings. The number of anilines is 1. The van der Waals surface area contributed by atoms with Crippen molar-refractivity contribution < 1.29 is 24.5 Å².